The van der Waals surface area contributed by atoms with Crippen LogP contribution in [0.15, 0.2) is 17.2 Å². The predicted molar refractivity (Wildman–Crippen MR) is 84.5 cm³/mol. The van der Waals surface area contributed by atoms with Crippen molar-refractivity contribution in [1.82, 2.24) is 10.7 Å². The van der Waals surface area contributed by atoms with Crippen molar-refractivity contribution < 1.29 is 10.0 Å². The monoisotopic (exact) mass is 394 g/mol. The Morgan fingerprint density at radius 2 is 2.37 bits per heavy atom. The first-order valence-corrected chi connectivity index (χ1v) is 6.68. The highest BCUT2D eigenvalue weighted by atomic mass is 127. The number of hydrazone groups is 1. The molecule has 0 unspecified atom stereocenters. The summed E-state index contributed by atoms with van der Waals surface area (Å²) >= 11 is 6.70. The molecular formula is C10H11IN4O3S. The topological polar surface area (TPSA) is 99.8 Å². The van der Waals surface area contributed by atoms with Gasteiger partial charge in [0.1, 0.15) is 5.75 Å². The molecule has 9 heteroatoms. The molecule has 102 valence electrons. The number of nitrogens with zero attached hydrogens (tertiary/aromatic N) is 2. The van der Waals surface area contributed by atoms with E-state index in [1.165, 1.54) is 18.3 Å². The summed E-state index contributed by atoms with van der Waals surface area (Å²) in [5.74, 6) is -0.0638. The Kier molecular flexibility index (Phi) is 5.89. The number of nitrogens with one attached hydrogen (secondary N) is 2. The van der Waals surface area contributed by atoms with E-state index in [9.17, 15) is 15.2 Å². The number of nitro groups is 1. The first-order valence-electron chi connectivity index (χ1n) is 5.19. The largest absolute Gasteiger partial charge is 0.506 e. The van der Waals surface area contributed by atoms with Gasteiger partial charge < -0.3 is 10.4 Å². The zero-order chi connectivity index (χ0) is 14.4. The molecule has 0 aliphatic rings. The lowest BCUT2D eigenvalue weighted by Gasteiger charge is -2.04. The maximum atomic E-state index is 10.7. The Hall–Kier alpha value is -1.49. The summed E-state index contributed by atoms with van der Waals surface area (Å²) in [5, 5.41) is 27.4. The van der Waals surface area contributed by atoms with Crippen molar-refractivity contribution in [3.8, 4) is 5.75 Å². The van der Waals surface area contributed by atoms with Crippen LogP contribution in [-0.2, 0) is 0 Å². The molecule has 0 bridgehead atoms. The van der Waals surface area contributed by atoms with Crippen molar-refractivity contribution in [2.75, 3.05) is 6.54 Å². The van der Waals surface area contributed by atoms with Gasteiger partial charge in [-0.2, -0.15) is 5.10 Å². The Balaban J connectivity index is 2.91. The molecule has 1 aromatic rings. The van der Waals surface area contributed by atoms with Crippen LogP contribution in [0.5, 0.6) is 5.75 Å². The van der Waals surface area contributed by atoms with Crippen molar-refractivity contribution in [3.05, 3.63) is 31.4 Å². The Morgan fingerprint density at radius 3 is 2.95 bits per heavy atom. The van der Waals surface area contributed by atoms with Gasteiger partial charge in [0.05, 0.1) is 14.7 Å². The SMILES string of the molecule is CCNC(=S)N/N=C/c1cc([N+](=O)[O-])cc(I)c1O. The van der Waals surface area contributed by atoms with Crippen LogP contribution in [0.25, 0.3) is 0 Å². The van der Waals surface area contributed by atoms with Crippen LogP contribution < -0.4 is 10.7 Å². The van der Waals surface area contributed by atoms with Crippen molar-refractivity contribution >= 4 is 51.8 Å². The second kappa shape index (κ2) is 7.19. The minimum atomic E-state index is -0.532. The summed E-state index contributed by atoms with van der Waals surface area (Å²) in [5.41, 5.74) is 2.66. The maximum Gasteiger partial charge on any atom is 0.271 e. The molecule has 0 amide bonds. The van der Waals surface area contributed by atoms with E-state index >= 15 is 0 Å². The lowest BCUT2D eigenvalue weighted by Crippen LogP contribution is -2.31. The molecule has 0 atom stereocenters. The highest BCUT2D eigenvalue weighted by Gasteiger charge is 2.13. The molecule has 19 heavy (non-hydrogen) atoms. The molecule has 0 spiro atoms. The van der Waals surface area contributed by atoms with E-state index in [0.717, 1.165) is 0 Å². The van der Waals surface area contributed by atoms with Gasteiger partial charge in [0.2, 0.25) is 0 Å². The van der Waals surface area contributed by atoms with E-state index in [1.807, 2.05) is 29.5 Å². The standard InChI is InChI=1S/C10H11IN4O3S/c1-2-12-10(19)14-13-5-6-3-7(15(17)18)4-8(11)9(6)16/h3-5,16H,2H2,1H3,(H2,12,14,19)/b13-5+. The average molecular weight is 394 g/mol. The zero-order valence-corrected chi connectivity index (χ0v) is 12.9. The molecule has 0 aliphatic carbocycles. The smallest absolute Gasteiger partial charge is 0.271 e. The van der Waals surface area contributed by atoms with Gasteiger partial charge in [0, 0.05) is 24.2 Å². The van der Waals surface area contributed by atoms with E-state index in [1.54, 1.807) is 0 Å². The zero-order valence-electron chi connectivity index (χ0n) is 9.88. The molecular weight excluding hydrogens is 383 g/mol. The van der Waals surface area contributed by atoms with Gasteiger partial charge in [0.25, 0.3) is 5.69 Å². The van der Waals surface area contributed by atoms with E-state index in [2.05, 4.69) is 15.8 Å². The summed E-state index contributed by atoms with van der Waals surface area (Å²) in [6.45, 7) is 2.54. The van der Waals surface area contributed by atoms with Crippen LogP contribution in [0, 0.1) is 13.7 Å². The van der Waals surface area contributed by atoms with E-state index < -0.39 is 4.92 Å². The summed E-state index contributed by atoms with van der Waals surface area (Å²) in [6, 6.07) is 2.52. The molecule has 0 heterocycles. The van der Waals surface area contributed by atoms with Crippen LogP contribution in [0.3, 0.4) is 0 Å². The highest BCUT2D eigenvalue weighted by molar-refractivity contribution is 14.1. The quantitative estimate of drug-likeness (QED) is 0.237. The predicted octanol–water partition coefficient (Wildman–Crippen LogP) is 1.72. The summed E-state index contributed by atoms with van der Waals surface area (Å²) in [6.07, 6.45) is 1.27. The minimum Gasteiger partial charge on any atom is -0.506 e. The van der Waals surface area contributed by atoms with Crippen molar-refractivity contribution in [3.63, 3.8) is 0 Å². The first-order chi connectivity index (χ1) is 8.95. The lowest BCUT2D eigenvalue weighted by molar-refractivity contribution is -0.385. The number of halogens is 1. The number of thiocarbonyl (C=S) groups is 1. The fourth-order valence-electron chi connectivity index (χ4n) is 1.17. The first kappa shape index (κ1) is 15.6. The molecule has 0 saturated heterocycles. The number of non-ortho nitro benzene ring substituents is 1. The van der Waals surface area contributed by atoms with Gasteiger partial charge in [-0.3, -0.25) is 15.5 Å². The van der Waals surface area contributed by atoms with Gasteiger partial charge in [-0.15, -0.1) is 0 Å². The summed E-state index contributed by atoms with van der Waals surface area (Å²) in [4.78, 5) is 10.2. The number of nitro benzene ring substituents is 1. The fraction of sp³-hybridized carbons (Fsp3) is 0.200. The van der Waals surface area contributed by atoms with E-state index in [-0.39, 0.29) is 17.0 Å². The molecule has 0 fully saturated rings. The fourth-order valence-corrected chi connectivity index (χ4v) is 2.00. The number of hydrogen-bond acceptors (Lipinski definition) is 5. The normalized spacial score (nSPS) is 10.4. The van der Waals surface area contributed by atoms with Crippen LogP contribution in [0.1, 0.15) is 12.5 Å². The summed E-state index contributed by atoms with van der Waals surface area (Å²) < 4.78 is 0.377. The van der Waals surface area contributed by atoms with Crippen LogP contribution in [0.4, 0.5) is 5.69 Å². The number of phenols is 1. The van der Waals surface area contributed by atoms with E-state index in [0.29, 0.717) is 15.2 Å². The van der Waals surface area contributed by atoms with E-state index in [4.69, 9.17) is 12.2 Å². The Labute approximate surface area is 128 Å². The minimum absolute atomic E-state index is 0.0638. The highest BCUT2D eigenvalue weighted by Crippen LogP contribution is 2.28. The maximum absolute atomic E-state index is 10.7. The molecule has 0 aliphatic heterocycles. The van der Waals surface area contributed by atoms with Gasteiger partial charge in [-0.1, -0.05) is 0 Å². The van der Waals surface area contributed by atoms with Gasteiger partial charge in [0.15, 0.2) is 5.11 Å². The number of benzene rings is 1. The second-order valence-corrected chi connectivity index (χ2v) is 4.92. The third kappa shape index (κ3) is 4.59. The van der Waals surface area contributed by atoms with Crippen LogP contribution in [-0.4, -0.2) is 27.9 Å². The number of hydrogen-bond donors (Lipinski definition) is 3. The summed E-state index contributed by atoms with van der Waals surface area (Å²) in [7, 11) is 0. The van der Waals surface area contributed by atoms with Gasteiger partial charge in [-0.25, -0.2) is 0 Å². The second-order valence-electron chi connectivity index (χ2n) is 3.35. The van der Waals surface area contributed by atoms with Crippen LogP contribution in [0.2, 0.25) is 0 Å². The van der Waals surface area contributed by atoms with Gasteiger partial charge in [-0.05, 0) is 41.7 Å². The van der Waals surface area contributed by atoms with Crippen molar-refractivity contribution in [1.29, 1.82) is 0 Å². The molecule has 0 radical (unpaired) electrons. The average Bonchev–Trinajstić information content (AvgIpc) is 2.34. The number of phenolic OH excluding ortho intramolecular Hbond substituents is 1. The lowest BCUT2D eigenvalue weighted by atomic mass is 10.2. The Morgan fingerprint density at radius 1 is 1.68 bits per heavy atom. The van der Waals surface area contributed by atoms with Crippen LogP contribution >= 0.6 is 34.8 Å². The molecule has 3 N–H and O–H groups in total. The molecule has 1 aromatic carbocycles. The molecule has 0 saturated carbocycles. The number of aromatic hydroxyl groups is 1. The molecule has 7 nitrogen and oxygen atoms in total. The van der Waals surface area contributed by atoms with Crippen molar-refractivity contribution in [2.24, 2.45) is 5.10 Å². The van der Waals surface area contributed by atoms with Gasteiger partial charge >= 0.3 is 0 Å². The third-order valence-corrected chi connectivity index (χ3v) is 3.05. The molecule has 1 rings (SSSR count). The number of rotatable bonds is 4. The Bertz CT molecular complexity index is 536. The van der Waals surface area contributed by atoms with Crippen molar-refractivity contribution in [2.45, 2.75) is 6.92 Å². The third-order valence-electron chi connectivity index (χ3n) is 2.00. The molecule has 0 aromatic heterocycles.